The Labute approximate surface area is 135 Å². The summed E-state index contributed by atoms with van der Waals surface area (Å²) in [5.74, 6) is 0.946. The van der Waals surface area contributed by atoms with Gasteiger partial charge in [0.05, 0.1) is 24.9 Å². The normalized spacial score (nSPS) is 10.7. The van der Waals surface area contributed by atoms with E-state index in [1.165, 1.54) is 0 Å². The van der Waals surface area contributed by atoms with Gasteiger partial charge in [-0.25, -0.2) is 9.97 Å². The summed E-state index contributed by atoms with van der Waals surface area (Å²) in [6.07, 6.45) is 1.84. The second-order valence-corrected chi connectivity index (χ2v) is 5.93. The number of aromatic nitrogens is 2. The summed E-state index contributed by atoms with van der Waals surface area (Å²) in [6, 6.07) is 5.32. The molecule has 0 amide bonds. The number of anilines is 1. The fourth-order valence-electron chi connectivity index (χ4n) is 1.74. The molecule has 2 aromatic rings. The Bertz CT molecular complexity index is 597. The van der Waals surface area contributed by atoms with E-state index < -0.39 is 0 Å². The molecular weight excluding hydrogens is 396 g/mol. The Hall–Kier alpha value is -0.590. The van der Waals surface area contributed by atoms with Gasteiger partial charge in [-0.05, 0) is 41.1 Å². The van der Waals surface area contributed by atoms with Gasteiger partial charge < -0.3 is 5.73 Å². The minimum absolute atomic E-state index is 0.463. The average molecular weight is 408 g/mol. The molecule has 2 rings (SSSR count). The predicted molar refractivity (Wildman–Crippen MR) is 88.6 cm³/mol. The first kappa shape index (κ1) is 14.8. The van der Waals surface area contributed by atoms with Gasteiger partial charge in [-0.3, -0.25) is 0 Å². The molecule has 1 heterocycles. The maximum atomic E-state index is 6.18. The van der Waals surface area contributed by atoms with Crippen LogP contribution < -0.4 is 5.73 Å². The number of rotatable bonds is 3. The highest BCUT2D eigenvalue weighted by atomic mass is 127. The Balaban J connectivity index is 2.63. The van der Waals surface area contributed by atoms with Crippen molar-refractivity contribution in [2.45, 2.75) is 19.8 Å². The Morgan fingerprint density at radius 3 is 2.42 bits per heavy atom. The van der Waals surface area contributed by atoms with E-state index >= 15 is 0 Å². The largest absolute Gasteiger partial charge is 0.383 e. The third kappa shape index (κ3) is 3.12. The predicted octanol–water partition coefficient (Wildman–Crippen LogP) is 4.59. The van der Waals surface area contributed by atoms with E-state index in [1.54, 1.807) is 18.2 Å². The summed E-state index contributed by atoms with van der Waals surface area (Å²) in [5, 5.41) is 1.05. The topological polar surface area (TPSA) is 51.8 Å². The van der Waals surface area contributed by atoms with Crippen LogP contribution in [0.4, 0.5) is 5.82 Å². The summed E-state index contributed by atoms with van der Waals surface area (Å²) < 4.78 is 0.895. The average Bonchev–Trinajstić information content (AvgIpc) is 2.35. The molecule has 1 aromatic carbocycles. The highest BCUT2D eigenvalue weighted by Crippen LogP contribution is 2.33. The molecule has 19 heavy (non-hydrogen) atoms. The molecule has 0 aliphatic rings. The van der Waals surface area contributed by atoms with E-state index in [9.17, 15) is 0 Å². The lowest BCUT2D eigenvalue weighted by molar-refractivity contribution is 0.869. The highest BCUT2D eigenvalue weighted by Gasteiger charge is 2.15. The zero-order chi connectivity index (χ0) is 14.0. The van der Waals surface area contributed by atoms with Gasteiger partial charge >= 0.3 is 0 Å². The number of hydrogen-bond acceptors (Lipinski definition) is 3. The molecule has 2 N–H and O–H groups in total. The molecule has 0 bridgehead atoms. The van der Waals surface area contributed by atoms with E-state index in [-0.39, 0.29) is 0 Å². The van der Waals surface area contributed by atoms with Crippen LogP contribution in [0.2, 0.25) is 10.0 Å². The van der Waals surface area contributed by atoms with E-state index in [0.29, 0.717) is 27.3 Å². The number of nitrogen functional groups attached to an aromatic ring is 1. The molecule has 3 nitrogen and oxygen atoms in total. The SMILES string of the molecule is CCCc1nc(-c2c(Cl)cccc2Cl)nc(N)c1I. The molecule has 100 valence electrons. The molecule has 0 saturated carbocycles. The van der Waals surface area contributed by atoms with Crippen molar-refractivity contribution < 1.29 is 0 Å². The van der Waals surface area contributed by atoms with Crippen molar-refractivity contribution in [2.24, 2.45) is 0 Å². The maximum Gasteiger partial charge on any atom is 0.164 e. The molecule has 0 atom stereocenters. The third-order valence-electron chi connectivity index (χ3n) is 2.62. The van der Waals surface area contributed by atoms with Crippen molar-refractivity contribution in [3.8, 4) is 11.4 Å². The first-order valence-electron chi connectivity index (χ1n) is 5.80. The molecule has 0 saturated heterocycles. The van der Waals surface area contributed by atoms with Gasteiger partial charge in [0.25, 0.3) is 0 Å². The van der Waals surface area contributed by atoms with Crippen LogP contribution in [0.1, 0.15) is 19.0 Å². The molecule has 0 fully saturated rings. The standard InChI is InChI=1S/C13H12Cl2IN3/c1-2-4-9-11(16)12(17)19-13(18-9)10-7(14)5-3-6-8(10)15/h3,5-6H,2,4H2,1H3,(H2,17,18,19). The lowest BCUT2D eigenvalue weighted by atomic mass is 10.2. The second kappa shape index (κ2) is 6.24. The first-order valence-corrected chi connectivity index (χ1v) is 7.64. The number of nitrogens with zero attached hydrogens (tertiary/aromatic N) is 2. The molecule has 0 spiro atoms. The van der Waals surface area contributed by atoms with Crippen molar-refractivity contribution in [2.75, 3.05) is 5.73 Å². The van der Waals surface area contributed by atoms with E-state index in [0.717, 1.165) is 22.1 Å². The summed E-state index contributed by atoms with van der Waals surface area (Å²) in [6.45, 7) is 2.09. The fourth-order valence-corrected chi connectivity index (χ4v) is 2.82. The smallest absolute Gasteiger partial charge is 0.164 e. The molecular formula is C13H12Cl2IN3. The van der Waals surface area contributed by atoms with Crippen LogP contribution in [-0.2, 0) is 6.42 Å². The van der Waals surface area contributed by atoms with Crippen LogP contribution in [0.5, 0.6) is 0 Å². The van der Waals surface area contributed by atoms with Crippen molar-refractivity contribution in [3.05, 3.63) is 37.5 Å². The van der Waals surface area contributed by atoms with Crippen molar-refractivity contribution in [1.29, 1.82) is 0 Å². The maximum absolute atomic E-state index is 6.18. The zero-order valence-corrected chi connectivity index (χ0v) is 13.9. The van der Waals surface area contributed by atoms with Crippen LogP contribution in [-0.4, -0.2) is 9.97 Å². The number of nitrogens with two attached hydrogens (primary N) is 1. The first-order chi connectivity index (χ1) is 9.04. The number of aryl methyl sites for hydroxylation is 1. The molecule has 1 aromatic heterocycles. The summed E-state index contributed by atoms with van der Waals surface area (Å²) in [7, 11) is 0. The van der Waals surface area contributed by atoms with Gasteiger partial charge in [0, 0.05) is 0 Å². The van der Waals surface area contributed by atoms with Crippen LogP contribution in [0, 0.1) is 3.57 Å². The molecule has 6 heteroatoms. The lowest BCUT2D eigenvalue weighted by Gasteiger charge is -2.10. The van der Waals surface area contributed by atoms with Gasteiger partial charge in [-0.1, -0.05) is 42.6 Å². The minimum Gasteiger partial charge on any atom is -0.383 e. The Kier molecular flexibility index (Phi) is 4.86. The second-order valence-electron chi connectivity index (χ2n) is 4.04. The van der Waals surface area contributed by atoms with Crippen LogP contribution in [0.15, 0.2) is 18.2 Å². The summed E-state index contributed by atoms with van der Waals surface area (Å²) >= 11 is 14.5. The quantitative estimate of drug-likeness (QED) is 0.757. The van der Waals surface area contributed by atoms with Gasteiger partial charge in [0.15, 0.2) is 5.82 Å². The summed E-state index contributed by atoms with van der Waals surface area (Å²) in [5.41, 5.74) is 7.51. The van der Waals surface area contributed by atoms with Gasteiger partial charge in [-0.15, -0.1) is 0 Å². The van der Waals surface area contributed by atoms with Gasteiger partial charge in [0.2, 0.25) is 0 Å². The van der Waals surface area contributed by atoms with E-state index in [2.05, 4.69) is 39.5 Å². The molecule has 0 aliphatic carbocycles. The fraction of sp³-hybridized carbons (Fsp3) is 0.231. The number of benzene rings is 1. The number of halogens is 3. The molecule has 0 aliphatic heterocycles. The number of hydrogen-bond donors (Lipinski definition) is 1. The van der Waals surface area contributed by atoms with Crippen molar-refractivity contribution >= 4 is 51.6 Å². The third-order valence-corrected chi connectivity index (χ3v) is 4.42. The minimum atomic E-state index is 0.463. The monoisotopic (exact) mass is 407 g/mol. The van der Waals surface area contributed by atoms with Crippen LogP contribution in [0.3, 0.4) is 0 Å². The zero-order valence-electron chi connectivity index (χ0n) is 10.3. The van der Waals surface area contributed by atoms with E-state index in [4.69, 9.17) is 28.9 Å². The van der Waals surface area contributed by atoms with Crippen LogP contribution in [0.25, 0.3) is 11.4 Å². The van der Waals surface area contributed by atoms with Crippen molar-refractivity contribution in [3.63, 3.8) is 0 Å². The van der Waals surface area contributed by atoms with Crippen molar-refractivity contribution in [1.82, 2.24) is 9.97 Å². The van der Waals surface area contributed by atoms with Crippen LogP contribution >= 0.6 is 45.8 Å². The lowest BCUT2D eigenvalue weighted by Crippen LogP contribution is -2.05. The molecule has 0 unspecified atom stereocenters. The van der Waals surface area contributed by atoms with Gasteiger partial charge in [-0.2, -0.15) is 0 Å². The van der Waals surface area contributed by atoms with Gasteiger partial charge in [0.1, 0.15) is 5.82 Å². The summed E-state index contributed by atoms with van der Waals surface area (Å²) in [4.78, 5) is 8.85. The molecule has 0 radical (unpaired) electrons. The highest BCUT2D eigenvalue weighted by molar-refractivity contribution is 14.1. The Morgan fingerprint density at radius 2 is 1.84 bits per heavy atom. The Morgan fingerprint density at radius 1 is 1.21 bits per heavy atom. The van der Waals surface area contributed by atoms with E-state index in [1.807, 2.05) is 0 Å².